The summed E-state index contributed by atoms with van der Waals surface area (Å²) in [5.74, 6) is -0.109. The van der Waals surface area contributed by atoms with Crippen LogP contribution in [0.3, 0.4) is 0 Å². The van der Waals surface area contributed by atoms with E-state index in [9.17, 15) is 18.0 Å². The maximum absolute atomic E-state index is 13.0. The molecule has 0 saturated heterocycles. The highest BCUT2D eigenvalue weighted by atomic mass is 35.5. The van der Waals surface area contributed by atoms with Gasteiger partial charge in [0.1, 0.15) is 18.1 Å². The number of ether oxygens (including phenoxy) is 1. The summed E-state index contributed by atoms with van der Waals surface area (Å²) < 4.78 is 50.1. The summed E-state index contributed by atoms with van der Waals surface area (Å²) >= 11 is 6.08. The molecule has 1 amide bonds. The SMILES string of the molecule is Cc1cccc(Cl)c1OCc1ccc(C(=O)Nc2ccccc2C(F)(F)F)o1. The Bertz CT molecular complexity index is 978. The Morgan fingerprint density at radius 2 is 1.86 bits per heavy atom. The first-order valence-electron chi connectivity index (χ1n) is 8.20. The summed E-state index contributed by atoms with van der Waals surface area (Å²) in [5, 5.41) is 2.66. The minimum Gasteiger partial charge on any atom is -0.484 e. The molecule has 3 rings (SSSR count). The second kappa shape index (κ2) is 7.98. The Morgan fingerprint density at radius 1 is 1.11 bits per heavy atom. The molecule has 1 heterocycles. The van der Waals surface area contributed by atoms with Gasteiger partial charge < -0.3 is 14.5 Å². The number of hydrogen-bond donors (Lipinski definition) is 1. The minimum absolute atomic E-state index is 0.0109. The van der Waals surface area contributed by atoms with Crippen LogP contribution in [0.15, 0.2) is 59.0 Å². The minimum atomic E-state index is -4.58. The highest BCUT2D eigenvalue weighted by molar-refractivity contribution is 6.32. The van der Waals surface area contributed by atoms with E-state index < -0.39 is 17.6 Å². The molecule has 0 spiro atoms. The zero-order valence-corrected chi connectivity index (χ0v) is 15.4. The molecule has 0 fully saturated rings. The van der Waals surface area contributed by atoms with Crippen molar-refractivity contribution in [3.05, 3.63) is 82.3 Å². The summed E-state index contributed by atoms with van der Waals surface area (Å²) in [4.78, 5) is 12.3. The van der Waals surface area contributed by atoms with E-state index in [2.05, 4.69) is 5.32 Å². The van der Waals surface area contributed by atoms with Crippen LogP contribution in [0.25, 0.3) is 0 Å². The van der Waals surface area contributed by atoms with Gasteiger partial charge in [0.15, 0.2) is 5.76 Å². The molecular formula is C20H15ClF3NO3. The molecule has 0 aliphatic heterocycles. The predicted octanol–water partition coefficient (Wildman–Crippen LogP) is 6.09. The third-order valence-corrected chi connectivity index (χ3v) is 4.19. The second-order valence-corrected chi connectivity index (χ2v) is 6.35. The summed E-state index contributed by atoms with van der Waals surface area (Å²) in [6, 6.07) is 12.9. The molecule has 2 aromatic carbocycles. The Hall–Kier alpha value is -2.93. The third-order valence-electron chi connectivity index (χ3n) is 3.89. The predicted molar refractivity (Wildman–Crippen MR) is 98.6 cm³/mol. The van der Waals surface area contributed by atoms with Gasteiger partial charge in [-0.25, -0.2) is 0 Å². The average Bonchev–Trinajstić information content (AvgIpc) is 3.10. The van der Waals surface area contributed by atoms with Gasteiger partial charge in [-0.2, -0.15) is 13.2 Å². The molecule has 1 N–H and O–H groups in total. The largest absolute Gasteiger partial charge is 0.484 e. The number of carbonyl (C=O) groups is 1. The first-order chi connectivity index (χ1) is 13.3. The molecule has 0 radical (unpaired) electrons. The lowest BCUT2D eigenvalue weighted by molar-refractivity contribution is -0.136. The van der Waals surface area contributed by atoms with Crippen LogP contribution >= 0.6 is 11.6 Å². The van der Waals surface area contributed by atoms with Gasteiger partial charge in [0.05, 0.1) is 16.3 Å². The quantitative estimate of drug-likeness (QED) is 0.554. The lowest BCUT2D eigenvalue weighted by atomic mass is 10.1. The number of amides is 1. The Kier molecular flexibility index (Phi) is 5.65. The van der Waals surface area contributed by atoms with Crippen LogP contribution in [-0.2, 0) is 12.8 Å². The van der Waals surface area contributed by atoms with Gasteiger partial charge in [-0.15, -0.1) is 0 Å². The molecule has 0 aliphatic carbocycles. The summed E-state index contributed by atoms with van der Waals surface area (Å²) in [5.41, 5.74) is -0.450. The van der Waals surface area contributed by atoms with E-state index >= 15 is 0 Å². The number of nitrogens with one attached hydrogen (secondary N) is 1. The molecule has 0 aliphatic rings. The number of rotatable bonds is 5. The number of alkyl halides is 3. The number of furan rings is 1. The summed E-state index contributed by atoms with van der Waals surface area (Å²) in [6.07, 6.45) is -4.58. The van der Waals surface area contributed by atoms with E-state index in [0.717, 1.165) is 11.6 Å². The van der Waals surface area contributed by atoms with Crippen molar-refractivity contribution >= 4 is 23.2 Å². The fourth-order valence-corrected chi connectivity index (χ4v) is 2.82. The van der Waals surface area contributed by atoms with Crippen molar-refractivity contribution in [1.82, 2.24) is 0 Å². The lowest BCUT2D eigenvalue weighted by Gasteiger charge is -2.12. The number of aryl methyl sites for hydroxylation is 1. The monoisotopic (exact) mass is 409 g/mol. The molecule has 0 atom stereocenters. The highest BCUT2D eigenvalue weighted by Crippen LogP contribution is 2.35. The number of anilines is 1. The number of carbonyl (C=O) groups excluding carboxylic acids is 1. The maximum atomic E-state index is 13.0. The molecule has 146 valence electrons. The van der Waals surface area contributed by atoms with Crippen LogP contribution in [-0.4, -0.2) is 5.91 Å². The average molecular weight is 410 g/mol. The van der Waals surface area contributed by atoms with Crippen molar-refractivity contribution in [2.45, 2.75) is 19.7 Å². The van der Waals surface area contributed by atoms with Crippen LogP contribution in [0.1, 0.15) is 27.4 Å². The van der Waals surface area contributed by atoms with E-state index in [4.69, 9.17) is 20.8 Å². The maximum Gasteiger partial charge on any atom is 0.418 e. The normalized spacial score (nSPS) is 11.3. The molecule has 0 bridgehead atoms. The second-order valence-electron chi connectivity index (χ2n) is 5.94. The number of benzene rings is 2. The Labute approximate surface area is 163 Å². The third kappa shape index (κ3) is 4.48. The fourth-order valence-electron chi connectivity index (χ4n) is 2.54. The van der Waals surface area contributed by atoms with E-state index in [1.807, 2.05) is 13.0 Å². The molecule has 8 heteroatoms. The van der Waals surface area contributed by atoms with Crippen LogP contribution in [0.4, 0.5) is 18.9 Å². The fraction of sp³-hybridized carbons (Fsp3) is 0.150. The van der Waals surface area contributed by atoms with E-state index in [1.54, 1.807) is 12.1 Å². The van der Waals surface area contributed by atoms with Crippen molar-refractivity contribution in [1.29, 1.82) is 0 Å². The van der Waals surface area contributed by atoms with E-state index in [0.29, 0.717) is 16.5 Å². The molecule has 0 unspecified atom stereocenters. The molecule has 28 heavy (non-hydrogen) atoms. The standard InChI is InChI=1S/C20H15ClF3NO3/c1-12-5-4-7-15(21)18(12)27-11-13-9-10-17(28-13)19(26)25-16-8-3-2-6-14(16)20(22,23)24/h2-10H,11H2,1H3,(H,25,26). The number of halogens is 4. The van der Waals surface area contributed by atoms with Crippen molar-refractivity contribution in [2.75, 3.05) is 5.32 Å². The van der Waals surface area contributed by atoms with Gasteiger partial charge in [0.2, 0.25) is 0 Å². The van der Waals surface area contributed by atoms with Crippen molar-refractivity contribution in [3.8, 4) is 5.75 Å². The van der Waals surface area contributed by atoms with Crippen LogP contribution in [0, 0.1) is 6.92 Å². The smallest absolute Gasteiger partial charge is 0.418 e. The first kappa shape index (κ1) is 19.8. The van der Waals surface area contributed by atoms with Gasteiger partial charge in [0.25, 0.3) is 5.91 Å². The highest BCUT2D eigenvalue weighted by Gasteiger charge is 2.33. The van der Waals surface area contributed by atoms with Crippen molar-refractivity contribution < 1.29 is 27.1 Å². The summed E-state index contributed by atoms with van der Waals surface area (Å²) in [6.45, 7) is 1.84. The van der Waals surface area contributed by atoms with Gasteiger partial charge in [0, 0.05) is 0 Å². The van der Waals surface area contributed by atoms with Crippen molar-refractivity contribution in [2.24, 2.45) is 0 Å². The lowest BCUT2D eigenvalue weighted by Crippen LogP contribution is -2.16. The first-order valence-corrected chi connectivity index (χ1v) is 8.57. The van der Waals surface area contributed by atoms with Crippen LogP contribution in [0.2, 0.25) is 5.02 Å². The van der Waals surface area contributed by atoms with Gasteiger partial charge >= 0.3 is 6.18 Å². The molecule has 1 aromatic heterocycles. The van der Waals surface area contributed by atoms with Crippen molar-refractivity contribution in [3.63, 3.8) is 0 Å². The van der Waals surface area contributed by atoms with E-state index in [-0.39, 0.29) is 18.1 Å². The number of hydrogen-bond acceptors (Lipinski definition) is 3. The van der Waals surface area contributed by atoms with E-state index in [1.165, 1.54) is 30.3 Å². The molecule has 0 saturated carbocycles. The van der Waals surface area contributed by atoms with Crippen LogP contribution in [0.5, 0.6) is 5.75 Å². The Balaban J connectivity index is 1.70. The zero-order chi connectivity index (χ0) is 20.3. The zero-order valence-electron chi connectivity index (χ0n) is 14.6. The molecule has 4 nitrogen and oxygen atoms in total. The van der Waals surface area contributed by atoms with Gasteiger partial charge in [-0.1, -0.05) is 35.9 Å². The van der Waals surface area contributed by atoms with Crippen LogP contribution < -0.4 is 10.1 Å². The Morgan fingerprint density at radius 3 is 2.57 bits per heavy atom. The number of para-hydroxylation sites is 2. The van der Waals surface area contributed by atoms with Gasteiger partial charge in [-0.3, -0.25) is 4.79 Å². The van der Waals surface area contributed by atoms with Gasteiger partial charge in [-0.05, 0) is 42.8 Å². The molecular weight excluding hydrogens is 395 g/mol. The topological polar surface area (TPSA) is 51.5 Å². The summed E-state index contributed by atoms with van der Waals surface area (Å²) in [7, 11) is 0. The molecule has 3 aromatic rings.